The Hall–Kier alpha value is -1.26. The molecule has 0 radical (unpaired) electrons. The van der Waals surface area contributed by atoms with Gasteiger partial charge in [-0.25, -0.2) is 0 Å². The molecule has 2 rings (SSSR count). The van der Waals surface area contributed by atoms with E-state index in [1.54, 1.807) is 13.8 Å². The van der Waals surface area contributed by atoms with Crippen molar-refractivity contribution >= 4 is 5.78 Å². The van der Waals surface area contributed by atoms with Gasteiger partial charge in [-0.15, -0.1) is 0 Å². The lowest BCUT2D eigenvalue weighted by Crippen LogP contribution is -2.23. The molecule has 0 saturated heterocycles. The first kappa shape index (κ1) is 11.2. The smallest absolute Gasteiger partial charge is 0.345 e. The van der Waals surface area contributed by atoms with Crippen LogP contribution in [0.25, 0.3) is 0 Å². The van der Waals surface area contributed by atoms with Gasteiger partial charge in [0, 0.05) is 23.0 Å². The second kappa shape index (κ2) is 3.37. The van der Waals surface area contributed by atoms with Gasteiger partial charge in [-0.2, -0.15) is 13.2 Å². The first-order valence-corrected chi connectivity index (χ1v) is 5.12. The fourth-order valence-electron chi connectivity index (χ4n) is 2.05. The molecule has 5 heteroatoms. The predicted molar refractivity (Wildman–Crippen MR) is 52.6 cm³/mol. The number of rotatable bonds is 2. The van der Waals surface area contributed by atoms with E-state index < -0.39 is 12.0 Å². The second-order valence-electron chi connectivity index (χ2n) is 4.21. The normalized spacial score (nSPS) is 16.6. The molecule has 88 valence electrons. The quantitative estimate of drug-likeness (QED) is 0.716. The van der Waals surface area contributed by atoms with E-state index in [1.807, 2.05) is 4.57 Å². The maximum absolute atomic E-state index is 12.3. The van der Waals surface area contributed by atoms with Gasteiger partial charge in [0.15, 0.2) is 0 Å². The summed E-state index contributed by atoms with van der Waals surface area (Å²) in [6.45, 7) is 3.31. The van der Waals surface area contributed by atoms with E-state index in [-0.39, 0.29) is 11.6 Å². The van der Waals surface area contributed by atoms with Crippen LogP contribution in [-0.4, -0.2) is 16.5 Å². The molecule has 1 aromatic heterocycles. The summed E-state index contributed by atoms with van der Waals surface area (Å²) in [5.41, 5.74) is 0.951. The number of alkyl halides is 3. The van der Waals surface area contributed by atoms with Crippen LogP contribution in [0.4, 0.5) is 13.2 Å². The summed E-state index contributed by atoms with van der Waals surface area (Å²) in [6.07, 6.45) is -2.82. The second-order valence-corrected chi connectivity index (χ2v) is 4.21. The molecule has 0 amide bonds. The third-order valence-electron chi connectivity index (χ3n) is 2.90. The van der Waals surface area contributed by atoms with Crippen molar-refractivity contribution in [3.05, 3.63) is 23.0 Å². The highest BCUT2D eigenvalue weighted by Gasteiger charge is 2.41. The number of hydrogen-bond acceptors (Lipinski definition) is 1. The topological polar surface area (TPSA) is 22.0 Å². The molecule has 0 spiro atoms. The molecule has 0 N–H and O–H groups in total. The fraction of sp³-hybridized carbons (Fsp3) is 0.545. The van der Waals surface area contributed by atoms with Crippen LogP contribution in [0.3, 0.4) is 0 Å². The minimum absolute atomic E-state index is 0.211. The highest BCUT2D eigenvalue weighted by Crippen LogP contribution is 2.39. The highest BCUT2D eigenvalue weighted by atomic mass is 19.4. The molecule has 0 unspecified atom stereocenters. The third-order valence-corrected chi connectivity index (χ3v) is 2.90. The van der Waals surface area contributed by atoms with Gasteiger partial charge < -0.3 is 4.57 Å². The Morgan fingerprint density at radius 3 is 2.38 bits per heavy atom. The number of Topliss-reactive ketones (excluding diaryl/α,β-unsaturated/α-hetero) is 1. The SMILES string of the molecule is Cc1cc(C(=O)C(F)(F)F)c(C)n1C1CC1. The minimum atomic E-state index is -4.78. The summed E-state index contributed by atoms with van der Waals surface area (Å²) >= 11 is 0. The van der Waals surface area contributed by atoms with Crippen molar-refractivity contribution < 1.29 is 18.0 Å². The Kier molecular flexibility index (Phi) is 2.36. The van der Waals surface area contributed by atoms with Gasteiger partial charge in [0.05, 0.1) is 0 Å². The number of aryl methyl sites for hydroxylation is 1. The standard InChI is InChI=1S/C11H12F3NO/c1-6-5-9(10(16)11(12,13)14)7(2)15(6)8-3-4-8/h5,8H,3-4H2,1-2H3. The Morgan fingerprint density at radius 1 is 1.38 bits per heavy atom. The number of nitrogens with zero attached hydrogens (tertiary/aromatic N) is 1. The molecule has 0 bridgehead atoms. The van der Waals surface area contributed by atoms with E-state index in [0.717, 1.165) is 18.5 Å². The molecule has 1 aliphatic carbocycles. The van der Waals surface area contributed by atoms with Crippen LogP contribution in [0.1, 0.15) is 40.6 Å². The maximum Gasteiger partial charge on any atom is 0.454 e. The van der Waals surface area contributed by atoms with Crippen molar-refractivity contribution in [2.45, 2.75) is 38.9 Å². The fourth-order valence-corrected chi connectivity index (χ4v) is 2.05. The molecular weight excluding hydrogens is 219 g/mol. The lowest BCUT2D eigenvalue weighted by atomic mass is 10.1. The van der Waals surface area contributed by atoms with Gasteiger partial charge in [-0.1, -0.05) is 0 Å². The molecule has 1 saturated carbocycles. The van der Waals surface area contributed by atoms with Crippen LogP contribution < -0.4 is 0 Å². The maximum atomic E-state index is 12.3. The number of carbonyl (C=O) groups is 1. The van der Waals surface area contributed by atoms with Crippen molar-refractivity contribution in [2.75, 3.05) is 0 Å². The van der Waals surface area contributed by atoms with Crippen LogP contribution in [-0.2, 0) is 0 Å². The van der Waals surface area contributed by atoms with Gasteiger partial charge in [-0.05, 0) is 32.8 Å². The van der Waals surface area contributed by atoms with E-state index in [4.69, 9.17) is 0 Å². The Bertz CT molecular complexity index is 441. The van der Waals surface area contributed by atoms with E-state index in [0.29, 0.717) is 5.69 Å². The molecule has 0 aliphatic heterocycles. The molecule has 1 heterocycles. The number of carbonyl (C=O) groups excluding carboxylic acids is 1. The average molecular weight is 231 g/mol. The number of ketones is 1. The molecule has 2 nitrogen and oxygen atoms in total. The number of aromatic nitrogens is 1. The van der Waals surface area contributed by atoms with Crippen LogP contribution in [0.5, 0.6) is 0 Å². The van der Waals surface area contributed by atoms with Crippen molar-refractivity contribution in [3.8, 4) is 0 Å². The monoisotopic (exact) mass is 231 g/mol. The first-order chi connectivity index (χ1) is 7.32. The lowest BCUT2D eigenvalue weighted by Gasteiger charge is -2.08. The van der Waals surface area contributed by atoms with E-state index in [2.05, 4.69) is 0 Å². The number of hydrogen-bond donors (Lipinski definition) is 0. The largest absolute Gasteiger partial charge is 0.454 e. The van der Waals surface area contributed by atoms with E-state index >= 15 is 0 Å². The summed E-state index contributed by atoms with van der Waals surface area (Å²) in [7, 11) is 0. The van der Waals surface area contributed by atoms with Crippen molar-refractivity contribution in [1.29, 1.82) is 0 Å². The minimum Gasteiger partial charge on any atom is -0.345 e. The highest BCUT2D eigenvalue weighted by molar-refractivity contribution is 6.01. The average Bonchev–Trinajstić information content (AvgIpc) is 2.92. The van der Waals surface area contributed by atoms with Crippen molar-refractivity contribution in [1.82, 2.24) is 4.57 Å². The van der Waals surface area contributed by atoms with E-state index in [9.17, 15) is 18.0 Å². The third kappa shape index (κ3) is 1.74. The summed E-state index contributed by atoms with van der Waals surface area (Å²) in [5.74, 6) is -1.74. The lowest BCUT2D eigenvalue weighted by molar-refractivity contribution is -0.0885. The van der Waals surface area contributed by atoms with Crippen LogP contribution in [0, 0.1) is 13.8 Å². The van der Waals surface area contributed by atoms with Gasteiger partial charge in [0.25, 0.3) is 5.78 Å². The summed E-state index contributed by atoms with van der Waals surface area (Å²) in [4.78, 5) is 11.2. The van der Waals surface area contributed by atoms with Crippen LogP contribution in [0.2, 0.25) is 0 Å². The summed E-state index contributed by atoms with van der Waals surface area (Å²) in [6, 6.07) is 1.62. The molecule has 1 fully saturated rings. The zero-order valence-corrected chi connectivity index (χ0v) is 9.06. The Labute approximate surface area is 91.1 Å². The Morgan fingerprint density at radius 2 is 1.94 bits per heavy atom. The molecule has 1 aliphatic rings. The van der Waals surface area contributed by atoms with Gasteiger partial charge >= 0.3 is 6.18 Å². The Balaban J connectivity index is 2.43. The van der Waals surface area contributed by atoms with Gasteiger partial charge in [0.1, 0.15) is 0 Å². The van der Waals surface area contributed by atoms with Crippen molar-refractivity contribution in [2.24, 2.45) is 0 Å². The predicted octanol–water partition coefficient (Wildman–Crippen LogP) is 3.18. The molecular formula is C11H12F3NO. The number of halogens is 3. The summed E-state index contributed by atoms with van der Waals surface area (Å²) in [5, 5.41) is 0. The zero-order chi connectivity index (χ0) is 12.1. The van der Waals surface area contributed by atoms with Gasteiger partial charge in [-0.3, -0.25) is 4.79 Å². The van der Waals surface area contributed by atoms with Gasteiger partial charge in [0.2, 0.25) is 0 Å². The van der Waals surface area contributed by atoms with Crippen LogP contribution >= 0.6 is 0 Å². The molecule has 0 atom stereocenters. The van der Waals surface area contributed by atoms with Crippen molar-refractivity contribution in [3.63, 3.8) is 0 Å². The molecule has 1 aromatic rings. The molecule has 16 heavy (non-hydrogen) atoms. The zero-order valence-electron chi connectivity index (χ0n) is 9.06. The van der Waals surface area contributed by atoms with E-state index in [1.165, 1.54) is 6.07 Å². The van der Waals surface area contributed by atoms with Crippen LogP contribution in [0.15, 0.2) is 6.07 Å². The summed E-state index contributed by atoms with van der Waals surface area (Å²) < 4.78 is 38.8. The first-order valence-electron chi connectivity index (χ1n) is 5.12. The molecule has 0 aromatic carbocycles.